The third-order valence-electron chi connectivity index (χ3n) is 2.84. The molecule has 0 spiro atoms. The summed E-state index contributed by atoms with van der Waals surface area (Å²) in [5.74, 6) is 0.279. The molecule has 2 heterocycles. The lowest BCUT2D eigenvalue weighted by atomic mass is 10.2. The summed E-state index contributed by atoms with van der Waals surface area (Å²) in [6.45, 7) is 3.90. The number of nitrogens with one attached hydrogen (secondary N) is 2. The summed E-state index contributed by atoms with van der Waals surface area (Å²) >= 11 is 0. The first-order chi connectivity index (χ1) is 9.02. The lowest BCUT2D eigenvalue weighted by Gasteiger charge is -2.03. The van der Waals surface area contributed by atoms with Gasteiger partial charge in [-0.3, -0.25) is 14.6 Å². The minimum atomic E-state index is -0.334. The van der Waals surface area contributed by atoms with E-state index in [9.17, 15) is 4.79 Å². The molecule has 4 N–H and O–H groups in total. The van der Waals surface area contributed by atoms with Crippen molar-refractivity contribution in [2.24, 2.45) is 7.05 Å². The monoisotopic (exact) mass is 262 g/mol. The van der Waals surface area contributed by atoms with Gasteiger partial charge in [0.1, 0.15) is 5.82 Å². The normalized spacial score (nSPS) is 10.7. The average molecular weight is 262 g/mol. The summed E-state index contributed by atoms with van der Waals surface area (Å²) in [6.07, 6.45) is 1.71. The van der Waals surface area contributed by atoms with Crippen molar-refractivity contribution in [3.63, 3.8) is 0 Å². The van der Waals surface area contributed by atoms with Gasteiger partial charge in [-0.1, -0.05) is 13.3 Å². The first-order valence-corrected chi connectivity index (χ1v) is 6.17. The molecule has 1 amide bonds. The molecule has 0 saturated carbocycles. The van der Waals surface area contributed by atoms with Crippen molar-refractivity contribution in [2.75, 3.05) is 11.1 Å². The number of H-pyrrole nitrogens is 1. The highest BCUT2D eigenvalue weighted by Crippen LogP contribution is 2.17. The van der Waals surface area contributed by atoms with Crippen LogP contribution in [0.5, 0.6) is 0 Å². The van der Waals surface area contributed by atoms with Crippen LogP contribution in [-0.2, 0) is 13.5 Å². The second kappa shape index (κ2) is 5.13. The minimum absolute atomic E-state index is 0.224. The number of nitrogens with zero attached hydrogens (tertiary/aromatic N) is 3. The summed E-state index contributed by atoms with van der Waals surface area (Å²) in [5.41, 5.74) is 8.18. The van der Waals surface area contributed by atoms with E-state index in [4.69, 9.17) is 5.73 Å². The maximum atomic E-state index is 12.1. The molecule has 0 radical (unpaired) electrons. The molecule has 102 valence electrons. The van der Waals surface area contributed by atoms with Gasteiger partial charge < -0.3 is 11.1 Å². The molecular weight excluding hydrogens is 244 g/mol. The van der Waals surface area contributed by atoms with E-state index < -0.39 is 0 Å². The van der Waals surface area contributed by atoms with E-state index in [1.807, 2.05) is 13.8 Å². The van der Waals surface area contributed by atoms with E-state index in [1.165, 1.54) is 0 Å². The molecule has 0 saturated heterocycles. The van der Waals surface area contributed by atoms with Gasteiger partial charge >= 0.3 is 0 Å². The second-order valence-electron chi connectivity index (χ2n) is 4.46. The Bertz CT molecular complexity index is 597. The minimum Gasteiger partial charge on any atom is -0.395 e. The highest BCUT2D eigenvalue weighted by atomic mass is 16.2. The number of amides is 1. The molecule has 0 bridgehead atoms. The number of carbonyl (C=O) groups excluding carboxylic acids is 1. The molecule has 19 heavy (non-hydrogen) atoms. The summed E-state index contributed by atoms with van der Waals surface area (Å²) in [7, 11) is 1.76. The van der Waals surface area contributed by atoms with Crippen LogP contribution in [0.4, 0.5) is 11.5 Å². The zero-order chi connectivity index (χ0) is 14.0. The van der Waals surface area contributed by atoms with E-state index in [2.05, 4.69) is 20.6 Å². The predicted octanol–water partition coefficient (Wildman–Crippen LogP) is 1.24. The quantitative estimate of drug-likeness (QED) is 0.771. The van der Waals surface area contributed by atoms with Crippen LogP contribution in [0.25, 0.3) is 0 Å². The Balaban J connectivity index is 2.18. The molecule has 7 heteroatoms. The van der Waals surface area contributed by atoms with Gasteiger partial charge in [-0.2, -0.15) is 10.2 Å². The first-order valence-electron chi connectivity index (χ1n) is 6.17. The summed E-state index contributed by atoms with van der Waals surface area (Å²) in [5, 5.41) is 13.7. The molecule has 2 aromatic heterocycles. The molecule has 0 aromatic carbocycles. The first kappa shape index (κ1) is 13.1. The number of hydrogen-bond donors (Lipinski definition) is 3. The van der Waals surface area contributed by atoms with Crippen LogP contribution in [0.2, 0.25) is 0 Å². The number of nitrogen functional groups attached to an aromatic ring is 1. The van der Waals surface area contributed by atoms with Crippen molar-refractivity contribution in [1.82, 2.24) is 20.0 Å². The molecule has 7 nitrogen and oxygen atoms in total. The fourth-order valence-electron chi connectivity index (χ4n) is 1.90. The standard InChI is InChI=1S/C12H18N6O/c1-4-5-8-10(13)11(16-15-8)12(19)14-9-6-7(2)17-18(9)3/h6H,4-5,13H2,1-3H3,(H,14,19)(H,15,16). The SMILES string of the molecule is CCCc1[nH]nc(C(=O)Nc2cc(C)nn2C)c1N. The zero-order valence-corrected chi connectivity index (χ0v) is 11.3. The Hall–Kier alpha value is -2.31. The molecule has 2 aromatic rings. The third-order valence-corrected chi connectivity index (χ3v) is 2.84. The zero-order valence-electron chi connectivity index (χ0n) is 11.3. The van der Waals surface area contributed by atoms with Gasteiger partial charge in [0, 0.05) is 13.1 Å². The Labute approximate surface area is 111 Å². The molecule has 0 aliphatic rings. The maximum Gasteiger partial charge on any atom is 0.279 e. The van der Waals surface area contributed by atoms with Gasteiger partial charge in [-0.25, -0.2) is 0 Å². The van der Waals surface area contributed by atoms with Crippen molar-refractivity contribution >= 4 is 17.4 Å². The topological polar surface area (TPSA) is 102 Å². The van der Waals surface area contributed by atoms with Crippen LogP contribution in [0, 0.1) is 6.92 Å². The number of nitrogens with two attached hydrogens (primary N) is 1. The summed E-state index contributed by atoms with van der Waals surface area (Å²) in [6, 6.07) is 1.79. The van der Waals surface area contributed by atoms with E-state index in [1.54, 1.807) is 17.8 Å². The van der Waals surface area contributed by atoms with E-state index in [0.29, 0.717) is 11.5 Å². The van der Waals surface area contributed by atoms with Gasteiger partial charge in [0.15, 0.2) is 5.69 Å². The molecule has 0 aliphatic carbocycles. The van der Waals surface area contributed by atoms with Crippen molar-refractivity contribution in [3.05, 3.63) is 23.1 Å². The van der Waals surface area contributed by atoms with Gasteiger partial charge in [-0.05, 0) is 13.3 Å². The summed E-state index contributed by atoms with van der Waals surface area (Å²) in [4.78, 5) is 12.1. The third kappa shape index (κ3) is 2.59. The Morgan fingerprint density at radius 2 is 2.32 bits per heavy atom. The van der Waals surface area contributed by atoms with Crippen molar-refractivity contribution in [2.45, 2.75) is 26.7 Å². The molecular formula is C12H18N6O. The Morgan fingerprint density at radius 3 is 2.89 bits per heavy atom. The van der Waals surface area contributed by atoms with Crippen molar-refractivity contribution < 1.29 is 4.79 Å². The number of rotatable bonds is 4. The summed E-state index contributed by atoms with van der Waals surface area (Å²) < 4.78 is 1.60. The molecule has 0 atom stereocenters. The van der Waals surface area contributed by atoms with Crippen molar-refractivity contribution in [1.29, 1.82) is 0 Å². The van der Waals surface area contributed by atoms with E-state index in [-0.39, 0.29) is 11.6 Å². The highest BCUT2D eigenvalue weighted by molar-refractivity contribution is 6.06. The highest BCUT2D eigenvalue weighted by Gasteiger charge is 2.18. The van der Waals surface area contributed by atoms with Gasteiger partial charge in [0.2, 0.25) is 0 Å². The number of aryl methyl sites for hydroxylation is 3. The number of anilines is 2. The van der Waals surface area contributed by atoms with E-state index in [0.717, 1.165) is 24.2 Å². The molecule has 0 fully saturated rings. The lowest BCUT2D eigenvalue weighted by molar-refractivity contribution is 0.102. The van der Waals surface area contributed by atoms with Gasteiger partial charge in [-0.15, -0.1) is 0 Å². The van der Waals surface area contributed by atoms with E-state index >= 15 is 0 Å². The number of carbonyl (C=O) groups is 1. The number of hydrogen-bond acceptors (Lipinski definition) is 4. The van der Waals surface area contributed by atoms with Crippen LogP contribution in [-0.4, -0.2) is 25.9 Å². The van der Waals surface area contributed by atoms with Crippen LogP contribution >= 0.6 is 0 Å². The largest absolute Gasteiger partial charge is 0.395 e. The maximum absolute atomic E-state index is 12.1. The molecule has 0 unspecified atom stereocenters. The van der Waals surface area contributed by atoms with Crippen LogP contribution < -0.4 is 11.1 Å². The number of aromatic amines is 1. The van der Waals surface area contributed by atoms with Crippen LogP contribution in [0.1, 0.15) is 35.2 Å². The van der Waals surface area contributed by atoms with Crippen LogP contribution in [0.15, 0.2) is 6.07 Å². The predicted molar refractivity (Wildman–Crippen MR) is 72.9 cm³/mol. The van der Waals surface area contributed by atoms with Crippen molar-refractivity contribution in [3.8, 4) is 0 Å². The fourth-order valence-corrected chi connectivity index (χ4v) is 1.90. The Kier molecular flexibility index (Phi) is 3.55. The number of aromatic nitrogens is 4. The Morgan fingerprint density at radius 1 is 1.58 bits per heavy atom. The lowest BCUT2D eigenvalue weighted by Crippen LogP contribution is -2.16. The molecule has 0 aliphatic heterocycles. The fraction of sp³-hybridized carbons (Fsp3) is 0.417. The van der Waals surface area contributed by atoms with Crippen LogP contribution in [0.3, 0.4) is 0 Å². The van der Waals surface area contributed by atoms with Gasteiger partial charge in [0.05, 0.1) is 17.1 Å². The average Bonchev–Trinajstić information content (AvgIpc) is 2.84. The second-order valence-corrected chi connectivity index (χ2v) is 4.46. The molecule has 2 rings (SSSR count). The smallest absolute Gasteiger partial charge is 0.279 e. The van der Waals surface area contributed by atoms with Gasteiger partial charge in [0.25, 0.3) is 5.91 Å².